The number of nitrogens with zero attached hydrogens (tertiary/aromatic N) is 3. The number of allylic oxidation sites excluding steroid dienone is 2. The number of nitro benzene ring substituents is 1. The summed E-state index contributed by atoms with van der Waals surface area (Å²) in [6.07, 6.45) is 0. The van der Waals surface area contributed by atoms with E-state index in [2.05, 4.69) is 5.32 Å². The minimum Gasteiger partial charge on any atom is -0.344 e. The Morgan fingerprint density at radius 3 is 2.26 bits per heavy atom. The topological polar surface area (TPSA) is 116 Å². The second kappa shape index (κ2) is 6.35. The van der Waals surface area contributed by atoms with Crippen LogP contribution in [0.25, 0.3) is 0 Å². The van der Waals surface area contributed by atoms with E-state index in [1.54, 1.807) is 6.92 Å². The summed E-state index contributed by atoms with van der Waals surface area (Å²) in [5.74, 6) is -0.649. The molecule has 1 aliphatic rings. The number of carbonyl (C=O) groups is 1. The molecule has 2 aromatic rings. The summed E-state index contributed by atoms with van der Waals surface area (Å²) in [6, 6.07) is 5.71. The average molecular weight is 370 g/mol. The number of carbonyl (C=O) groups excluding carboxylic acids is 1. The average Bonchev–Trinajstić information content (AvgIpc) is 2.63. The number of benzene rings is 1. The van der Waals surface area contributed by atoms with Crippen molar-refractivity contribution in [2.75, 3.05) is 5.32 Å². The summed E-state index contributed by atoms with van der Waals surface area (Å²) in [6.45, 7) is 3.09. The lowest BCUT2D eigenvalue weighted by Crippen LogP contribution is -2.43. The Balaban J connectivity index is 2.37. The van der Waals surface area contributed by atoms with Gasteiger partial charge in [0.1, 0.15) is 5.82 Å². The summed E-state index contributed by atoms with van der Waals surface area (Å²) in [5.41, 5.74) is 0.621. The summed E-state index contributed by atoms with van der Waals surface area (Å²) < 4.78 is 2.30. The van der Waals surface area contributed by atoms with Gasteiger partial charge < -0.3 is 5.32 Å². The molecular weight excluding hydrogens is 352 g/mol. The zero-order chi connectivity index (χ0) is 20.0. The Hall–Kier alpha value is -3.49. The van der Waals surface area contributed by atoms with E-state index in [1.807, 2.05) is 0 Å². The van der Waals surface area contributed by atoms with E-state index in [4.69, 9.17) is 0 Å². The SMILES string of the molecule is CC(=O)C1=C(C)Nc2c(c(=O)n(C)c(=O)n2C)C1c1ccc([N+](=O)[O-])cc1. The van der Waals surface area contributed by atoms with Gasteiger partial charge in [-0.15, -0.1) is 0 Å². The number of non-ortho nitro benzene ring substituents is 1. The van der Waals surface area contributed by atoms with Crippen molar-refractivity contribution >= 4 is 17.3 Å². The van der Waals surface area contributed by atoms with Crippen LogP contribution in [0.5, 0.6) is 0 Å². The van der Waals surface area contributed by atoms with Crippen molar-refractivity contribution < 1.29 is 9.72 Å². The Labute approximate surface area is 153 Å². The van der Waals surface area contributed by atoms with E-state index < -0.39 is 22.1 Å². The Morgan fingerprint density at radius 1 is 1.15 bits per heavy atom. The van der Waals surface area contributed by atoms with Crippen LogP contribution in [0.2, 0.25) is 0 Å². The molecule has 2 heterocycles. The number of hydrogen-bond acceptors (Lipinski definition) is 6. The van der Waals surface area contributed by atoms with Gasteiger partial charge in [-0.1, -0.05) is 12.1 Å². The first kappa shape index (κ1) is 18.3. The Morgan fingerprint density at radius 2 is 1.74 bits per heavy atom. The largest absolute Gasteiger partial charge is 0.344 e. The van der Waals surface area contributed by atoms with Crippen molar-refractivity contribution in [1.82, 2.24) is 9.13 Å². The minimum atomic E-state index is -0.731. The molecule has 1 N–H and O–H groups in total. The molecule has 1 atom stereocenters. The molecule has 0 bridgehead atoms. The number of anilines is 1. The summed E-state index contributed by atoms with van der Waals surface area (Å²) in [4.78, 5) is 47.9. The molecular formula is C18H18N4O5. The maximum absolute atomic E-state index is 12.9. The van der Waals surface area contributed by atoms with Crippen molar-refractivity contribution in [3.8, 4) is 0 Å². The number of aromatic nitrogens is 2. The number of nitrogens with one attached hydrogen (secondary N) is 1. The van der Waals surface area contributed by atoms with Gasteiger partial charge in [-0.3, -0.25) is 28.8 Å². The molecule has 9 nitrogen and oxygen atoms in total. The maximum Gasteiger partial charge on any atom is 0.332 e. The highest BCUT2D eigenvalue weighted by Gasteiger charge is 2.35. The van der Waals surface area contributed by atoms with Gasteiger partial charge in [0.15, 0.2) is 5.78 Å². The molecule has 0 saturated carbocycles. The van der Waals surface area contributed by atoms with Crippen LogP contribution < -0.4 is 16.6 Å². The molecule has 0 saturated heterocycles. The van der Waals surface area contributed by atoms with Crippen molar-refractivity contribution in [3.63, 3.8) is 0 Å². The number of fused-ring (bicyclic) bond motifs is 1. The van der Waals surface area contributed by atoms with Gasteiger partial charge in [-0.05, 0) is 19.4 Å². The van der Waals surface area contributed by atoms with Crippen LogP contribution in [-0.2, 0) is 18.9 Å². The van der Waals surface area contributed by atoms with Crippen molar-refractivity contribution in [2.24, 2.45) is 14.1 Å². The van der Waals surface area contributed by atoms with E-state index in [9.17, 15) is 24.5 Å². The van der Waals surface area contributed by atoms with Crippen LogP contribution in [-0.4, -0.2) is 19.8 Å². The zero-order valence-electron chi connectivity index (χ0n) is 15.3. The molecule has 0 fully saturated rings. The van der Waals surface area contributed by atoms with Crippen LogP contribution >= 0.6 is 0 Å². The maximum atomic E-state index is 12.9. The van der Waals surface area contributed by atoms with Crippen LogP contribution in [0, 0.1) is 10.1 Å². The molecule has 1 aliphatic heterocycles. The zero-order valence-corrected chi connectivity index (χ0v) is 15.3. The molecule has 3 rings (SSSR count). The summed E-state index contributed by atoms with van der Waals surface area (Å²) in [7, 11) is 2.91. The minimum absolute atomic E-state index is 0.0913. The fourth-order valence-corrected chi connectivity index (χ4v) is 3.48. The molecule has 0 spiro atoms. The standard InChI is InChI=1S/C18H18N4O5/c1-9-13(10(2)23)14(11-5-7-12(8-6-11)22(26)27)15-16(19-9)20(3)18(25)21(4)17(15)24/h5-8,14,19H,1-4H3. The third-order valence-corrected chi connectivity index (χ3v) is 4.80. The van der Waals surface area contributed by atoms with Crippen LogP contribution in [0.15, 0.2) is 45.1 Å². The predicted molar refractivity (Wildman–Crippen MR) is 98.9 cm³/mol. The van der Waals surface area contributed by atoms with Crippen molar-refractivity contribution in [2.45, 2.75) is 19.8 Å². The van der Waals surface area contributed by atoms with Gasteiger partial charge >= 0.3 is 5.69 Å². The van der Waals surface area contributed by atoms with Crippen molar-refractivity contribution in [1.29, 1.82) is 0 Å². The highest BCUT2D eigenvalue weighted by atomic mass is 16.6. The molecule has 0 radical (unpaired) electrons. The van der Waals surface area contributed by atoms with Crippen LogP contribution in [0.1, 0.15) is 30.9 Å². The third-order valence-electron chi connectivity index (χ3n) is 4.80. The van der Waals surface area contributed by atoms with E-state index >= 15 is 0 Å². The molecule has 0 amide bonds. The highest BCUT2D eigenvalue weighted by molar-refractivity contribution is 5.98. The predicted octanol–water partition coefficient (Wildman–Crippen LogP) is 1.41. The van der Waals surface area contributed by atoms with Crippen molar-refractivity contribution in [3.05, 3.63) is 77.6 Å². The molecule has 140 valence electrons. The fraction of sp³-hybridized carbons (Fsp3) is 0.278. The second-order valence-corrected chi connectivity index (χ2v) is 6.47. The first-order chi connectivity index (χ1) is 12.6. The molecule has 1 aromatic heterocycles. The van der Waals surface area contributed by atoms with Gasteiger partial charge in [0.2, 0.25) is 0 Å². The smallest absolute Gasteiger partial charge is 0.332 e. The summed E-state index contributed by atoms with van der Waals surface area (Å²) >= 11 is 0. The number of nitro groups is 1. The van der Waals surface area contributed by atoms with Crippen LogP contribution in [0.4, 0.5) is 11.5 Å². The van der Waals surface area contributed by atoms with Gasteiger partial charge in [0.05, 0.1) is 10.5 Å². The van der Waals surface area contributed by atoms with E-state index in [-0.39, 0.29) is 17.0 Å². The molecule has 27 heavy (non-hydrogen) atoms. The quantitative estimate of drug-likeness (QED) is 0.645. The van der Waals surface area contributed by atoms with Gasteiger partial charge in [0.25, 0.3) is 11.2 Å². The number of Topliss-reactive ketones (excluding diaryl/α,β-unsaturated/α-hetero) is 1. The number of hydrogen-bond donors (Lipinski definition) is 1. The van der Waals surface area contributed by atoms with E-state index in [0.29, 0.717) is 22.7 Å². The summed E-state index contributed by atoms with van der Waals surface area (Å²) in [5, 5.41) is 13.9. The first-order valence-corrected chi connectivity index (χ1v) is 8.18. The van der Waals surface area contributed by atoms with Crippen LogP contribution in [0.3, 0.4) is 0 Å². The molecule has 1 aromatic carbocycles. The lowest BCUT2D eigenvalue weighted by atomic mass is 9.80. The van der Waals surface area contributed by atoms with Gasteiger partial charge in [0, 0.05) is 43.4 Å². The van der Waals surface area contributed by atoms with Gasteiger partial charge in [-0.25, -0.2) is 4.79 Å². The normalized spacial score (nSPS) is 15.9. The van der Waals surface area contributed by atoms with E-state index in [1.165, 1.54) is 49.9 Å². The monoisotopic (exact) mass is 370 g/mol. The van der Waals surface area contributed by atoms with Gasteiger partial charge in [-0.2, -0.15) is 0 Å². The fourth-order valence-electron chi connectivity index (χ4n) is 3.48. The molecule has 9 heteroatoms. The Kier molecular flexibility index (Phi) is 4.30. The lowest BCUT2D eigenvalue weighted by Gasteiger charge is -2.30. The number of rotatable bonds is 3. The third kappa shape index (κ3) is 2.77. The first-order valence-electron chi connectivity index (χ1n) is 8.18. The Bertz CT molecular complexity index is 1120. The molecule has 1 unspecified atom stereocenters. The lowest BCUT2D eigenvalue weighted by molar-refractivity contribution is -0.384. The van der Waals surface area contributed by atoms with E-state index in [0.717, 1.165) is 4.57 Å². The molecule has 0 aliphatic carbocycles. The number of ketones is 1. The second-order valence-electron chi connectivity index (χ2n) is 6.47. The highest BCUT2D eigenvalue weighted by Crippen LogP contribution is 2.40.